The maximum Gasteiger partial charge on any atom is 0.113 e. The van der Waals surface area contributed by atoms with E-state index < -0.39 is 0 Å². The molecular formula is C39H51NO4. The lowest BCUT2D eigenvalue weighted by molar-refractivity contribution is -0.202. The molecule has 4 atom stereocenters. The summed E-state index contributed by atoms with van der Waals surface area (Å²) in [6.07, 6.45) is 5.87. The van der Waals surface area contributed by atoms with Crippen molar-refractivity contribution in [2.45, 2.75) is 103 Å². The number of likely N-dealkylation sites (tertiary alicyclic amines) is 1. The molecule has 2 heterocycles. The molecule has 0 bridgehead atoms. The van der Waals surface area contributed by atoms with Crippen molar-refractivity contribution in [2.75, 3.05) is 19.7 Å². The second kappa shape index (κ2) is 14.3. The van der Waals surface area contributed by atoms with Gasteiger partial charge in [-0.3, -0.25) is 4.90 Å². The normalized spacial score (nSPS) is 30.5. The van der Waals surface area contributed by atoms with Gasteiger partial charge in [0.2, 0.25) is 0 Å². The van der Waals surface area contributed by atoms with Gasteiger partial charge in [0.05, 0.1) is 38.1 Å². The molecule has 0 N–H and O–H groups in total. The monoisotopic (exact) mass is 597 g/mol. The Morgan fingerprint density at radius 1 is 0.705 bits per heavy atom. The predicted molar refractivity (Wildman–Crippen MR) is 175 cm³/mol. The lowest BCUT2D eigenvalue weighted by Gasteiger charge is -2.49. The summed E-state index contributed by atoms with van der Waals surface area (Å²) < 4.78 is 26.5. The Morgan fingerprint density at radius 3 is 1.70 bits per heavy atom. The zero-order valence-corrected chi connectivity index (χ0v) is 26.9. The third-order valence-corrected chi connectivity index (χ3v) is 10.3. The first-order valence-electron chi connectivity index (χ1n) is 16.7. The number of nitrogens with zero attached hydrogens (tertiary/aromatic N) is 1. The standard InChI is InChI=1S/C39H51NO4/c1-30-36(42-26-33-15-9-5-10-16-33)37(43-27-34-17-11-6-12-18-34)35(41-25-32-13-7-4-8-14-32)24-40(30)23-31-19-21-39(22-20-31)28-38(2,3)44-29-39/h4-18,30-31,35-37H,19-29H2,1-3H3/t30-,31?,35+,36-,37-,39?/m1/s1. The molecule has 0 unspecified atom stereocenters. The van der Waals surface area contributed by atoms with Crippen molar-refractivity contribution in [3.05, 3.63) is 108 Å². The average molecular weight is 598 g/mol. The molecule has 236 valence electrons. The van der Waals surface area contributed by atoms with E-state index in [0.717, 1.165) is 19.7 Å². The van der Waals surface area contributed by atoms with Crippen LogP contribution in [0.2, 0.25) is 0 Å². The third kappa shape index (κ3) is 7.99. The first-order valence-corrected chi connectivity index (χ1v) is 16.7. The SMILES string of the molecule is C[C@@H]1[C@@H](OCc2ccccc2)[C@H](OCc2ccccc2)[C@@H](OCc2ccccc2)CN1CC1CCC2(CC1)COC(C)(C)C2. The number of hydrogen-bond donors (Lipinski definition) is 0. The van der Waals surface area contributed by atoms with E-state index in [1.165, 1.54) is 48.8 Å². The van der Waals surface area contributed by atoms with Crippen molar-refractivity contribution >= 4 is 0 Å². The first-order chi connectivity index (χ1) is 21.4. The summed E-state index contributed by atoms with van der Waals surface area (Å²) in [7, 11) is 0. The quantitative estimate of drug-likeness (QED) is 0.225. The van der Waals surface area contributed by atoms with Crippen LogP contribution < -0.4 is 0 Å². The highest BCUT2D eigenvalue weighted by Crippen LogP contribution is 2.50. The van der Waals surface area contributed by atoms with Crippen molar-refractivity contribution in [3.8, 4) is 0 Å². The smallest absolute Gasteiger partial charge is 0.113 e. The zero-order chi connectivity index (χ0) is 30.4. The summed E-state index contributed by atoms with van der Waals surface area (Å²) in [5, 5.41) is 0. The van der Waals surface area contributed by atoms with E-state index in [-0.39, 0.29) is 30.0 Å². The van der Waals surface area contributed by atoms with Crippen molar-refractivity contribution in [1.82, 2.24) is 4.90 Å². The highest BCUT2D eigenvalue weighted by Gasteiger charge is 2.48. The maximum absolute atomic E-state index is 6.82. The topological polar surface area (TPSA) is 40.2 Å². The van der Waals surface area contributed by atoms with Gasteiger partial charge < -0.3 is 18.9 Å². The maximum atomic E-state index is 6.82. The van der Waals surface area contributed by atoms with Crippen LogP contribution in [0.5, 0.6) is 0 Å². The van der Waals surface area contributed by atoms with Crippen LogP contribution in [0.4, 0.5) is 0 Å². The van der Waals surface area contributed by atoms with Crippen LogP contribution in [0.3, 0.4) is 0 Å². The molecule has 3 aromatic rings. The fraction of sp³-hybridized carbons (Fsp3) is 0.538. The van der Waals surface area contributed by atoms with E-state index in [0.29, 0.717) is 31.2 Å². The number of ether oxygens (including phenoxy) is 4. The molecule has 2 saturated heterocycles. The van der Waals surface area contributed by atoms with Gasteiger partial charge in [0, 0.05) is 19.1 Å². The van der Waals surface area contributed by atoms with E-state index in [1.54, 1.807) is 0 Å². The minimum atomic E-state index is -0.179. The van der Waals surface area contributed by atoms with Crippen molar-refractivity contribution < 1.29 is 18.9 Å². The molecule has 0 amide bonds. The van der Waals surface area contributed by atoms with Crippen molar-refractivity contribution in [2.24, 2.45) is 11.3 Å². The summed E-state index contributed by atoms with van der Waals surface area (Å²) in [6, 6.07) is 31.6. The minimum Gasteiger partial charge on any atom is -0.375 e. The van der Waals surface area contributed by atoms with Gasteiger partial charge in [0.1, 0.15) is 12.2 Å². The van der Waals surface area contributed by atoms with Gasteiger partial charge in [-0.15, -0.1) is 0 Å². The van der Waals surface area contributed by atoms with Crippen LogP contribution in [0.15, 0.2) is 91.0 Å². The van der Waals surface area contributed by atoms with Crippen LogP contribution in [-0.4, -0.2) is 54.6 Å². The number of hydrogen-bond acceptors (Lipinski definition) is 5. The van der Waals surface area contributed by atoms with Crippen LogP contribution in [0.25, 0.3) is 0 Å². The molecule has 5 heteroatoms. The molecule has 5 nitrogen and oxygen atoms in total. The summed E-state index contributed by atoms with van der Waals surface area (Å²) in [6.45, 7) is 11.3. The Hall–Kier alpha value is -2.54. The van der Waals surface area contributed by atoms with Crippen LogP contribution in [0.1, 0.15) is 69.6 Å². The fourth-order valence-electron chi connectivity index (χ4n) is 7.81. The Morgan fingerprint density at radius 2 is 1.20 bits per heavy atom. The number of piperidine rings is 1. The minimum absolute atomic E-state index is 0.0234. The van der Waals surface area contributed by atoms with Crippen LogP contribution in [0, 0.1) is 11.3 Å². The molecule has 0 aromatic heterocycles. The molecule has 2 aliphatic heterocycles. The van der Waals surface area contributed by atoms with E-state index in [9.17, 15) is 0 Å². The molecule has 6 rings (SSSR count). The predicted octanol–water partition coefficient (Wildman–Crippen LogP) is 7.82. The average Bonchev–Trinajstić information content (AvgIpc) is 3.35. The highest BCUT2D eigenvalue weighted by molar-refractivity contribution is 5.16. The van der Waals surface area contributed by atoms with Gasteiger partial charge in [0.15, 0.2) is 0 Å². The fourth-order valence-corrected chi connectivity index (χ4v) is 7.81. The molecular weight excluding hydrogens is 546 g/mol. The van der Waals surface area contributed by atoms with Crippen LogP contribution in [-0.2, 0) is 38.8 Å². The second-order valence-corrected chi connectivity index (χ2v) is 14.2. The van der Waals surface area contributed by atoms with E-state index >= 15 is 0 Å². The molecule has 44 heavy (non-hydrogen) atoms. The zero-order valence-electron chi connectivity index (χ0n) is 26.9. The Bertz CT molecular complexity index is 1280. The largest absolute Gasteiger partial charge is 0.375 e. The number of benzene rings is 3. The first kappa shape index (κ1) is 31.4. The Labute approximate surface area is 264 Å². The molecule has 0 radical (unpaired) electrons. The molecule has 3 fully saturated rings. The van der Waals surface area contributed by atoms with Crippen molar-refractivity contribution in [1.29, 1.82) is 0 Å². The van der Waals surface area contributed by atoms with Crippen LogP contribution >= 0.6 is 0 Å². The molecule has 1 spiro atoms. The Balaban J connectivity index is 1.19. The van der Waals surface area contributed by atoms with E-state index in [1.807, 2.05) is 0 Å². The van der Waals surface area contributed by atoms with Gasteiger partial charge in [-0.05, 0) is 80.9 Å². The molecule has 1 saturated carbocycles. The number of rotatable bonds is 11. The summed E-state index contributed by atoms with van der Waals surface area (Å²) in [5.41, 5.74) is 3.93. The van der Waals surface area contributed by atoms with Gasteiger partial charge in [-0.2, -0.15) is 0 Å². The third-order valence-electron chi connectivity index (χ3n) is 10.3. The molecule has 3 aromatic carbocycles. The summed E-state index contributed by atoms with van der Waals surface area (Å²) in [5.74, 6) is 0.679. The molecule has 1 aliphatic carbocycles. The second-order valence-electron chi connectivity index (χ2n) is 14.2. The van der Waals surface area contributed by atoms with E-state index in [4.69, 9.17) is 18.9 Å². The van der Waals surface area contributed by atoms with E-state index in [2.05, 4.69) is 117 Å². The summed E-state index contributed by atoms with van der Waals surface area (Å²) >= 11 is 0. The van der Waals surface area contributed by atoms with Gasteiger partial charge >= 0.3 is 0 Å². The lowest BCUT2D eigenvalue weighted by atomic mass is 9.68. The van der Waals surface area contributed by atoms with Gasteiger partial charge in [-0.1, -0.05) is 91.0 Å². The van der Waals surface area contributed by atoms with Gasteiger partial charge in [0.25, 0.3) is 0 Å². The lowest BCUT2D eigenvalue weighted by Crippen LogP contribution is -2.63. The highest BCUT2D eigenvalue weighted by atomic mass is 16.6. The molecule has 3 aliphatic rings. The summed E-state index contributed by atoms with van der Waals surface area (Å²) in [4.78, 5) is 2.64. The van der Waals surface area contributed by atoms with Crippen molar-refractivity contribution in [3.63, 3.8) is 0 Å². The van der Waals surface area contributed by atoms with Gasteiger partial charge in [-0.25, -0.2) is 0 Å². The Kier molecular flexibility index (Phi) is 10.2.